The SMILES string of the molecule is CC(C)(C)OC(=O)Nc1nccc(F)c1I.CC(C)(C)[O-].CCOC(=O)/C=C/B1OC(C)(C)C(C)(C)O1.CCOC(=O)/C=C/c1c(F)ccnc1N.CCOC(=O)CCc1c(F)ccnc1N.O=C1CCc2c(F)ccnc2N1.[K+]. The third-order valence-electron chi connectivity index (χ3n) is 9.82. The van der Waals surface area contributed by atoms with Gasteiger partial charge in [-0.3, -0.25) is 14.9 Å². The van der Waals surface area contributed by atoms with E-state index in [1.54, 1.807) is 90.9 Å². The zero-order valence-electron chi connectivity index (χ0n) is 47.7. The molecule has 0 unspecified atom stereocenters. The van der Waals surface area contributed by atoms with Gasteiger partial charge in [0.2, 0.25) is 5.91 Å². The zero-order chi connectivity index (χ0) is 60.3. The Labute approximate surface area is 521 Å². The van der Waals surface area contributed by atoms with Crippen molar-refractivity contribution in [2.45, 2.75) is 138 Å². The van der Waals surface area contributed by atoms with Crippen LogP contribution in [0.25, 0.3) is 6.08 Å². The van der Waals surface area contributed by atoms with Gasteiger partial charge in [0.15, 0.2) is 5.82 Å². The Morgan fingerprint density at radius 2 is 1.25 bits per heavy atom. The second-order valence-corrected chi connectivity index (χ2v) is 20.3. The summed E-state index contributed by atoms with van der Waals surface area (Å²) in [7, 11) is -0.491. The van der Waals surface area contributed by atoms with Gasteiger partial charge in [0.1, 0.15) is 46.3 Å². The first-order valence-corrected chi connectivity index (χ1v) is 25.7. The van der Waals surface area contributed by atoms with Crippen molar-refractivity contribution in [3.8, 4) is 0 Å². The molecule has 0 spiro atoms. The monoisotopic (exact) mass is 1260 g/mol. The number of carbonyl (C=O) groups excluding carboxylic acids is 5. The predicted octanol–water partition coefficient (Wildman–Crippen LogP) is 5.84. The van der Waals surface area contributed by atoms with Crippen LogP contribution < -0.4 is 78.6 Å². The third-order valence-corrected chi connectivity index (χ3v) is 10.9. The summed E-state index contributed by atoms with van der Waals surface area (Å²) in [6.07, 6.45) is 9.33. The maximum absolute atomic E-state index is 13.2. The van der Waals surface area contributed by atoms with E-state index in [0.29, 0.717) is 37.4 Å². The van der Waals surface area contributed by atoms with Crippen LogP contribution in [0.3, 0.4) is 0 Å². The molecule has 4 aromatic heterocycles. The molecule has 0 atom stereocenters. The molecule has 1 fully saturated rings. The Bertz CT molecular complexity index is 2650. The minimum absolute atomic E-state index is 0. The van der Waals surface area contributed by atoms with Crippen molar-refractivity contribution in [1.29, 1.82) is 0 Å². The van der Waals surface area contributed by atoms with Crippen molar-refractivity contribution in [1.82, 2.24) is 19.9 Å². The number of amides is 2. The average molecular weight is 1270 g/mol. The van der Waals surface area contributed by atoms with Crippen LogP contribution in [0.5, 0.6) is 0 Å². The molecule has 27 heteroatoms. The number of anilines is 4. The number of pyridine rings is 4. The molecule has 0 aliphatic carbocycles. The number of halogens is 5. The normalized spacial score (nSPS) is 13.6. The Balaban J connectivity index is 0.000000953. The van der Waals surface area contributed by atoms with Crippen LogP contribution in [0.1, 0.15) is 120 Å². The van der Waals surface area contributed by atoms with E-state index >= 15 is 0 Å². The fraction of sp³-hybridized carbons (Fsp3) is 0.453. The summed E-state index contributed by atoms with van der Waals surface area (Å²) < 4.78 is 83.3. The summed E-state index contributed by atoms with van der Waals surface area (Å²) in [4.78, 5) is 70.5. The number of fused-ring (bicyclic) bond motifs is 1. The number of nitrogen functional groups attached to an aromatic ring is 2. The smallest absolute Gasteiger partial charge is 0.850 e. The molecule has 1 saturated heterocycles. The van der Waals surface area contributed by atoms with Gasteiger partial charge >= 0.3 is 82.5 Å². The van der Waals surface area contributed by atoms with E-state index in [0.717, 1.165) is 6.08 Å². The first-order valence-electron chi connectivity index (χ1n) is 24.6. The van der Waals surface area contributed by atoms with Crippen LogP contribution in [0.15, 0.2) is 67.2 Å². The van der Waals surface area contributed by atoms with Crippen LogP contribution in [0.2, 0.25) is 0 Å². The van der Waals surface area contributed by atoms with Crippen molar-refractivity contribution < 1.29 is 126 Å². The quantitative estimate of drug-likeness (QED) is 0.0342. The van der Waals surface area contributed by atoms with Gasteiger partial charge < -0.3 is 50.1 Å². The molecule has 2 aliphatic heterocycles. The Hall–Kier alpha value is -5.14. The number of nitrogens with two attached hydrogens (primary N) is 2. The summed E-state index contributed by atoms with van der Waals surface area (Å²) in [5.41, 5.74) is 9.67. The minimum atomic E-state index is -0.750. The number of esters is 3. The van der Waals surface area contributed by atoms with E-state index in [-0.39, 0.29) is 138 Å². The number of ether oxygens (including phenoxy) is 4. The Morgan fingerprint density at radius 3 is 1.77 bits per heavy atom. The fourth-order valence-electron chi connectivity index (χ4n) is 5.63. The molecule has 4 aromatic rings. The van der Waals surface area contributed by atoms with Gasteiger partial charge in [0, 0.05) is 60.9 Å². The number of carbonyl (C=O) groups is 5. The Morgan fingerprint density at radius 1 is 0.762 bits per heavy atom. The van der Waals surface area contributed by atoms with Crippen molar-refractivity contribution in [2.24, 2.45) is 0 Å². The van der Waals surface area contributed by atoms with E-state index in [1.165, 1.54) is 61.2 Å². The third kappa shape index (κ3) is 30.1. The van der Waals surface area contributed by atoms with Crippen molar-refractivity contribution >= 4 is 89.0 Å². The number of hydrogen-bond acceptors (Lipinski definition) is 18. The molecule has 0 saturated carbocycles. The molecule has 6 rings (SSSR count). The molecule has 0 aromatic carbocycles. The van der Waals surface area contributed by atoms with Gasteiger partial charge in [-0.25, -0.2) is 51.9 Å². The second kappa shape index (κ2) is 36.3. The Kier molecular flexibility index (Phi) is 34.0. The molecule has 6 heterocycles. The predicted molar refractivity (Wildman–Crippen MR) is 297 cm³/mol. The molecule has 20 nitrogen and oxygen atoms in total. The first-order chi connectivity index (χ1) is 36.6. The number of nitrogens with zero attached hydrogens (tertiary/aromatic N) is 4. The fourth-order valence-corrected chi connectivity index (χ4v) is 6.09. The number of aromatic nitrogens is 4. The molecule has 2 amide bonds. The summed E-state index contributed by atoms with van der Waals surface area (Å²) in [6, 6.07) is 4.91. The van der Waals surface area contributed by atoms with E-state index < -0.39 is 47.8 Å². The van der Waals surface area contributed by atoms with Crippen LogP contribution in [0.4, 0.5) is 45.6 Å². The molecule has 6 N–H and O–H groups in total. The second-order valence-electron chi connectivity index (χ2n) is 19.2. The van der Waals surface area contributed by atoms with Gasteiger partial charge in [0.05, 0.1) is 40.2 Å². The minimum Gasteiger partial charge on any atom is -0.850 e. The van der Waals surface area contributed by atoms with Gasteiger partial charge in [0.25, 0.3) is 0 Å². The summed E-state index contributed by atoms with van der Waals surface area (Å²) >= 11 is 1.77. The molecular weight excluding hydrogens is 1190 g/mol. The average Bonchev–Trinajstić information content (AvgIpc) is 3.54. The topological polar surface area (TPSA) is 291 Å². The maximum Gasteiger partial charge on any atom is 1.00 e. The first kappa shape index (κ1) is 74.9. The molecule has 0 bridgehead atoms. The molecular formula is C53H71BF4IKN8O12. The van der Waals surface area contributed by atoms with E-state index in [2.05, 4.69) is 35.3 Å². The van der Waals surface area contributed by atoms with Crippen molar-refractivity contribution in [2.75, 3.05) is 41.9 Å². The van der Waals surface area contributed by atoms with Crippen LogP contribution in [-0.2, 0) is 60.3 Å². The molecule has 2 aliphatic rings. The van der Waals surface area contributed by atoms with Gasteiger partial charge in [-0.2, -0.15) is 0 Å². The van der Waals surface area contributed by atoms with Crippen LogP contribution in [0, 0.1) is 26.8 Å². The van der Waals surface area contributed by atoms with Gasteiger partial charge in [-0.15, -0.1) is 5.60 Å². The molecule has 80 heavy (non-hydrogen) atoms. The maximum atomic E-state index is 13.2. The number of rotatable bonds is 11. The summed E-state index contributed by atoms with van der Waals surface area (Å²) in [5, 5.41) is 15.0. The van der Waals surface area contributed by atoms with Crippen molar-refractivity contribution in [3.63, 3.8) is 0 Å². The van der Waals surface area contributed by atoms with E-state index in [1.807, 2.05) is 27.7 Å². The summed E-state index contributed by atoms with van der Waals surface area (Å²) in [5.74, 6) is -0.792. The standard InChI is InChI=1S/C11H19BO4.C10H12FIN2O2.C10H13FN2O2.C10H11FN2O2.C8H7FN2O.C4H9O.K/c1-6-14-9(13)7-8-12-15-10(2,3)11(4,5)16-12;1-10(2,3)16-9(15)14-8-7(12)6(11)4-5-13-8;2*1-2-15-9(14)4-3-7-8(11)5-6-13-10(7)12;9-6-3-4-10-8-5(6)1-2-7(12)11-8;1-4(2,3)5;/h7-8H,6H2,1-5H3;4-5H,1-3H3,(H,13,14,15);5-6H,2-4H2,1H3,(H2,12,13);3-6H,2H2,1H3,(H2,12,13);3-4H,1-2H2,(H,10,11,12);1-3H3;/q;;;;;-1;+1/b8-7+;;;4-3+;;;. The van der Waals surface area contributed by atoms with Crippen LogP contribution in [-0.4, -0.2) is 99.2 Å². The number of nitrogens with one attached hydrogen (secondary N) is 2. The molecule has 0 radical (unpaired) electrons. The van der Waals surface area contributed by atoms with E-state index in [4.69, 9.17) is 35.0 Å². The van der Waals surface area contributed by atoms with Gasteiger partial charge in [-0.1, -0.05) is 20.8 Å². The van der Waals surface area contributed by atoms with Crippen molar-refractivity contribution in [3.05, 3.63) is 111 Å². The van der Waals surface area contributed by atoms with Gasteiger partial charge in [-0.05, 0) is 141 Å². The largest absolute Gasteiger partial charge is 1.00 e. The number of hydrogen-bond donors (Lipinski definition) is 4. The molecule has 434 valence electrons. The zero-order valence-corrected chi connectivity index (χ0v) is 53.0. The van der Waals surface area contributed by atoms with Crippen LogP contribution >= 0.6 is 22.6 Å². The van der Waals surface area contributed by atoms with E-state index in [9.17, 15) is 46.6 Å². The summed E-state index contributed by atoms with van der Waals surface area (Å²) in [6.45, 7) is 24.1.